The van der Waals surface area contributed by atoms with Crippen molar-refractivity contribution in [2.45, 2.75) is 76.1 Å². The highest BCUT2D eigenvalue weighted by Gasteiger charge is 2.39. The quantitative estimate of drug-likeness (QED) is 0.545. The van der Waals surface area contributed by atoms with Crippen molar-refractivity contribution in [3.8, 4) is 5.75 Å². The molecular formula is C30H39N3O2. The third-order valence-corrected chi connectivity index (χ3v) is 8.60. The highest BCUT2D eigenvalue weighted by molar-refractivity contribution is 5.86. The van der Waals surface area contributed by atoms with Gasteiger partial charge in [0, 0.05) is 54.4 Å². The second-order valence-electron chi connectivity index (χ2n) is 11.0. The minimum Gasteiger partial charge on any atom is -0.490 e. The number of rotatable bonds is 6. The zero-order valence-corrected chi connectivity index (χ0v) is 21.0. The molecule has 0 saturated carbocycles. The van der Waals surface area contributed by atoms with Crippen LogP contribution in [-0.2, 0) is 12.8 Å². The fraction of sp³-hybridized carbons (Fsp3) is 0.533. The molecule has 2 aromatic carbocycles. The molecule has 35 heavy (non-hydrogen) atoms. The lowest BCUT2D eigenvalue weighted by atomic mass is 9.84. The van der Waals surface area contributed by atoms with Crippen molar-refractivity contribution in [3.63, 3.8) is 0 Å². The number of ether oxygens (including phenoxy) is 1. The molecule has 4 aliphatic rings. The van der Waals surface area contributed by atoms with Crippen LogP contribution in [-0.4, -0.2) is 70.4 Å². The molecule has 0 amide bonds. The molecule has 4 atom stereocenters. The predicted molar refractivity (Wildman–Crippen MR) is 141 cm³/mol. The average Bonchev–Trinajstić information content (AvgIpc) is 3.24. The molecule has 3 aliphatic heterocycles. The molecule has 3 aromatic rings. The van der Waals surface area contributed by atoms with E-state index in [1.807, 2.05) is 12.1 Å². The van der Waals surface area contributed by atoms with Crippen LogP contribution < -0.4 is 4.74 Å². The fourth-order valence-electron chi connectivity index (χ4n) is 6.86. The van der Waals surface area contributed by atoms with Gasteiger partial charge < -0.3 is 14.8 Å². The van der Waals surface area contributed by atoms with Crippen LogP contribution in [0.2, 0.25) is 0 Å². The molecule has 0 spiro atoms. The Morgan fingerprint density at radius 3 is 2.69 bits per heavy atom. The first-order valence-electron chi connectivity index (χ1n) is 13.6. The van der Waals surface area contributed by atoms with Crippen LogP contribution in [0.4, 0.5) is 0 Å². The van der Waals surface area contributed by atoms with Gasteiger partial charge >= 0.3 is 0 Å². The van der Waals surface area contributed by atoms with Gasteiger partial charge in [-0.05, 0) is 68.4 Å². The van der Waals surface area contributed by atoms with Crippen LogP contribution in [0.25, 0.3) is 10.9 Å². The maximum absolute atomic E-state index is 11.0. The third kappa shape index (κ3) is 4.87. The second kappa shape index (κ2) is 9.96. The van der Waals surface area contributed by atoms with E-state index in [2.05, 4.69) is 58.1 Å². The molecule has 186 valence electrons. The highest BCUT2D eigenvalue weighted by atomic mass is 16.5. The molecule has 0 radical (unpaired) electrons. The summed E-state index contributed by atoms with van der Waals surface area (Å²) in [4.78, 5) is 8.80. The highest BCUT2D eigenvalue weighted by Crippen LogP contribution is 2.33. The van der Waals surface area contributed by atoms with E-state index in [-0.39, 0.29) is 0 Å². The molecule has 4 heterocycles. The molecule has 5 nitrogen and oxygen atoms in total. The lowest BCUT2D eigenvalue weighted by Crippen LogP contribution is -2.63. The van der Waals surface area contributed by atoms with E-state index in [0.29, 0.717) is 31.3 Å². The largest absolute Gasteiger partial charge is 0.490 e. The van der Waals surface area contributed by atoms with E-state index in [4.69, 9.17) is 4.74 Å². The first-order chi connectivity index (χ1) is 17.1. The molecule has 1 aliphatic carbocycles. The summed E-state index contributed by atoms with van der Waals surface area (Å²) in [6.07, 6.45) is 8.36. The number of aliphatic hydroxyl groups is 1. The number of aryl methyl sites for hydroxylation is 2. The average molecular weight is 474 g/mol. The number of aliphatic hydroxyl groups excluding tert-OH is 1. The monoisotopic (exact) mass is 473 g/mol. The van der Waals surface area contributed by atoms with Gasteiger partial charge in [-0.1, -0.05) is 43.2 Å². The summed E-state index contributed by atoms with van der Waals surface area (Å²) in [6.45, 7) is 5.31. The number of aromatic nitrogens is 1. The van der Waals surface area contributed by atoms with Gasteiger partial charge in [0.1, 0.15) is 18.5 Å². The second-order valence-corrected chi connectivity index (χ2v) is 11.0. The maximum atomic E-state index is 11.0. The van der Waals surface area contributed by atoms with Gasteiger partial charge in [-0.2, -0.15) is 0 Å². The molecule has 3 fully saturated rings. The molecule has 7 rings (SSSR count). The number of benzene rings is 2. The summed E-state index contributed by atoms with van der Waals surface area (Å²) in [5.74, 6) is 0.851. The summed E-state index contributed by atoms with van der Waals surface area (Å²) in [5.41, 5.74) is 5.31. The number of nitrogens with one attached hydrogen (secondary N) is 1. The zero-order valence-electron chi connectivity index (χ0n) is 21.0. The minimum absolute atomic E-state index is 0.334. The summed E-state index contributed by atoms with van der Waals surface area (Å²) < 4.78 is 6.11. The zero-order chi connectivity index (χ0) is 23.8. The van der Waals surface area contributed by atoms with Crippen molar-refractivity contribution in [2.75, 3.05) is 26.2 Å². The van der Waals surface area contributed by atoms with Crippen molar-refractivity contribution >= 4 is 10.9 Å². The number of hydrogen-bond donors (Lipinski definition) is 2. The lowest BCUT2D eigenvalue weighted by Gasteiger charge is -2.52. The molecule has 3 saturated heterocycles. The van der Waals surface area contributed by atoms with Gasteiger partial charge in [0.25, 0.3) is 0 Å². The maximum Gasteiger partial charge on any atom is 0.128 e. The van der Waals surface area contributed by atoms with Crippen LogP contribution in [0, 0.1) is 6.92 Å². The standard InChI is InChI=1S/C30H39N3O2/c1-21-15-28-29(31-21)11-6-12-30(28)35-20-27(34)19-32-17-26-10-5-4-9-25(32)18-33(26)24-14-13-22-7-2-3-8-23(22)16-24/h2-3,6-8,11-12,15,24-27,31,34H,4-5,9-10,13-14,16-20H2,1H3/t24?,25-,26-,27-/m0/s1. The molecule has 2 bridgehead atoms. The number of piperazine rings is 1. The van der Waals surface area contributed by atoms with Crippen molar-refractivity contribution in [1.29, 1.82) is 0 Å². The molecule has 2 N–H and O–H groups in total. The number of aromatic amines is 1. The molecule has 1 aromatic heterocycles. The van der Waals surface area contributed by atoms with Crippen molar-refractivity contribution in [3.05, 3.63) is 65.4 Å². The van der Waals surface area contributed by atoms with Crippen LogP contribution in [0.3, 0.4) is 0 Å². The van der Waals surface area contributed by atoms with E-state index >= 15 is 0 Å². The van der Waals surface area contributed by atoms with Gasteiger partial charge in [0.05, 0.1) is 0 Å². The smallest absolute Gasteiger partial charge is 0.128 e. The van der Waals surface area contributed by atoms with Gasteiger partial charge in [-0.15, -0.1) is 0 Å². The fourth-order valence-corrected chi connectivity index (χ4v) is 6.86. The van der Waals surface area contributed by atoms with Gasteiger partial charge in [-0.3, -0.25) is 9.80 Å². The Labute approximate surface area is 209 Å². The topological polar surface area (TPSA) is 51.7 Å². The lowest BCUT2D eigenvalue weighted by molar-refractivity contribution is -0.0405. The van der Waals surface area contributed by atoms with Crippen molar-refractivity contribution in [1.82, 2.24) is 14.8 Å². The molecular weight excluding hydrogens is 434 g/mol. The predicted octanol–water partition coefficient (Wildman–Crippen LogP) is 4.70. The molecule has 5 heteroatoms. The van der Waals surface area contributed by atoms with Gasteiger partial charge in [-0.25, -0.2) is 0 Å². The first-order valence-corrected chi connectivity index (χ1v) is 13.6. The Kier molecular flexibility index (Phi) is 6.57. The Balaban J connectivity index is 1.09. The number of fused-ring (bicyclic) bond motifs is 7. The summed E-state index contributed by atoms with van der Waals surface area (Å²) in [6, 6.07) is 19.0. The minimum atomic E-state index is -0.485. The van der Waals surface area contributed by atoms with E-state index in [9.17, 15) is 5.11 Å². The van der Waals surface area contributed by atoms with E-state index in [1.165, 1.54) is 44.9 Å². The van der Waals surface area contributed by atoms with Gasteiger partial charge in [0.2, 0.25) is 0 Å². The van der Waals surface area contributed by atoms with Crippen molar-refractivity contribution < 1.29 is 9.84 Å². The Hall–Kier alpha value is -2.34. The van der Waals surface area contributed by atoms with E-state index in [0.717, 1.165) is 35.4 Å². The SMILES string of the molecule is Cc1cc2c(OC[C@@H](O)CN3C[C@@H]4CCCC[C@H]3CN4C3CCc4ccccc4C3)cccc2[nH]1. The van der Waals surface area contributed by atoms with Crippen LogP contribution in [0.1, 0.15) is 48.9 Å². The number of hydrogen-bond acceptors (Lipinski definition) is 4. The van der Waals surface area contributed by atoms with Crippen LogP contribution in [0.5, 0.6) is 5.75 Å². The Morgan fingerprint density at radius 1 is 0.971 bits per heavy atom. The van der Waals surface area contributed by atoms with Crippen molar-refractivity contribution in [2.24, 2.45) is 0 Å². The van der Waals surface area contributed by atoms with E-state index < -0.39 is 6.10 Å². The summed E-state index contributed by atoms with van der Waals surface area (Å²) in [7, 11) is 0. The van der Waals surface area contributed by atoms with Gasteiger partial charge in [0.15, 0.2) is 0 Å². The normalized spacial score (nSPS) is 26.3. The molecule has 1 unspecified atom stereocenters. The number of H-pyrrole nitrogens is 1. The summed E-state index contributed by atoms with van der Waals surface area (Å²) in [5, 5.41) is 12.1. The Morgan fingerprint density at radius 2 is 1.80 bits per heavy atom. The third-order valence-electron chi connectivity index (χ3n) is 8.60. The van der Waals surface area contributed by atoms with Crippen LogP contribution >= 0.6 is 0 Å². The first kappa shape index (κ1) is 23.1. The Bertz CT molecular complexity index is 1160. The van der Waals surface area contributed by atoms with E-state index in [1.54, 1.807) is 11.1 Å². The van der Waals surface area contributed by atoms with Crippen LogP contribution in [0.15, 0.2) is 48.5 Å². The number of nitrogens with zero attached hydrogens (tertiary/aromatic N) is 2. The summed E-state index contributed by atoms with van der Waals surface area (Å²) >= 11 is 0.